The second kappa shape index (κ2) is 5.29. The largest absolute Gasteiger partial charge is 0.449 e. The highest BCUT2D eigenvalue weighted by Crippen LogP contribution is 2.32. The van der Waals surface area contributed by atoms with Crippen LogP contribution in [-0.2, 0) is 9.53 Å². The molecule has 0 aliphatic rings. The van der Waals surface area contributed by atoms with Crippen LogP contribution >= 0.6 is 11.6 Å². The van der Waals surface area contributed by atoms with Gasteiger partial charge in [-0.1, -0.05) is 11.6 Å². The molecule has 0 unspecified atom stereocenters. The number of amides is 2. The maximum absolute atomic E-state index is 11.6. The van der Waals surface area contributed by atoms with Gasteiger partial charge in [0.05, 0.1) is 0 Å². The normalized spacial score (nSPS) is 10.6. The monoisotopic (exact) mass is 282 g/mol. The van der Waals surface area contributed by atoms with Crippen molar-refractivity contribution in [2.45, 2.75) is 0 Å². The number of ether oxygens (including phenoxy) is 1. The number of methoxy groups -OCH3 is 1. The van der Waals surface area contributed by atoms with E-state index in [9.17, 15) is 9.59 Å². The zero-order chi connectivity index (χ0) is 14.0. The van der Waals surface area contributed by atoms with Gasteiger partial charge < -0.3 is 20.2 Å². The number of hydrogen-bond donors (Lipinski definition) is 2. The number of rotatable bonds is 4. The Morgan fingerprint density at radius 2 is 2.21 bits per heavy atom. The predicted molar refractivity (Wildman–Crippen MR) is 70.2 cm³/mol. The first-order valence-corrected chi connectivity index (χ1v) is 5.71. The zero-order valence-electron chi connectivity index (χ0n) is 10.0. The van der Waals surface area contributed by atoms with E-state index >= 15 is 0 Å². The summed E-state index contributed by atoms with van der Waals surface area (Å²) in [4.78, 5) is 22.9. The van der Waals surface area contributed by atoms with Gasteiger partial charge in [0.25, 0.3) is 5.91 Å². The van der Waals surface area contributed by atoms with E-state index in [1.165, 1.54) is 7.11 Å². The molecule has 0 atom stereocenters. The molecular weight excluding hydrogens is 272 g/mol. The molecule has 0 saturated carbocycles. The summed E-state index contributed by atoms with van der Waals surface area (Å²) in [6, 6.07) is 4.78. The summed E-state index contributed by atoms with van der Waals surface area (Å²) in [6.07, 6.45) is 0. The lowest BCUT2D eigenvalue weighted by Gasteiger charge is -2.03. The first kappa shape index (κ1) is 13.4. The van der Waals surface area contributed by atoms with E-state index in [1.54, 1.807) is 18.2 Å². The van der Waals surface area contributed by atoms with Crippen molar-refractivity contribution in [1.29, 1.82) is 0 Å². The maximum atomic E-state index is 11.6. The molecule has 2 rings (SSSR count). The van der Waals surface area contributed by atoms with Crippen LogP contribution in [0.1, 0.15) is 10.6 Å². The van der Waals surface area contributed by atoms with E-state index in [-0.39, 0.29) is 18.1 Å². The molecule has 0 bridgehead atoms. The van der Waals surface area contributed by atoms with Gasteiger partial charge >= 0.3 is 0 Å². The lowest BCUT2D eigenvalue weighted by Crippen LogP contribution is -2.20. The van der Waals surface area contributed by atoms with Crippen LogP contribution in [0.25, 0.3) is 11.0 Å². The van der Waals surface area contributed by atoms with Gasteiger partial charge in [-0.15, -0.1) is 0 Å². The topological polar surface area (TPSA) is 94.6 Å². The Hall–Kier alpha value is -2.05. The quantitative estimate of drug-likeness (QED) is 0.893. The fourth-order valence-corrected chi connectivity index (χ4v) is 1.85. The average Bonchev–Trinajstić information content (AvgIpc) is 2.68. The number of fused-ring (bicyclic) bond motifs is 1. The van der Waals surface area contributed by atoms with Gasteiger partial charge in [0.1, 0.15) is 17.9 Å². The van der Waals surface area contributed by atoms with Gasteiger partial charge in [0, 0.05) is 17.5 Å². The number of nitrogens with two attached hydrogens (primary N) is 1. The van der Waals surface area contributed by atoms with Crippen LogP contribution in [0.5, 0.6) is 0 Å². The molecule has 6 nitrogen and oxygen atoms in total. The first-order valence-electron chi connectivity index (χ1n) is 5.33. The van der Waals surface area contributed by atoms with E-state index in [0.29, 0.717) is 16.0 Å². The number of primary amides is 1. The fraction of sp³-hybridized carbons (Fsp3) is 0.167. The van der Waals surface area contributed by atoms with Gasteiger partial charge in [0.15, 0.2) is 0 Å². The SMILES string of the molecule is COCC(=O)Nc1c(C(N)=O)oc2ccc(Cl)cc12. The van der Waals surface area contributed by atoms with E-state index in [4.69, 9.17) is 26.5 Å². The Bertz CT molecular complexity index is 650. The summed E-state index contributed by atoms with van der Waals surface area (Å²) in [7, 11) is 1.39. The van der Waals surface area contributed by atoms with Gasteiger partial charge in [0.2, 0.25) is 11.7 Å². The Kier molecular flexibility index (Phi) is 3.73. The third kappa shape index (κ3) is 2.69. The molecular formula is C12H11ClN2O4. The van der Waals surface area contributed by atoms with Crippen molar-refractivity contribution in [3.8, 4) is 0 Å². The van der Waals surface area contributed by atoms with Crippen molar-refractivity contribution in [3.05, 3.63) is 29.0 Å². The molecule has 2 amide bonds. The van der Waals surface area contributed by atoms with Crippen LogP contribution in [0.2, 0.25) is 5.02 Å². The van der Waals surface area contributed by atoms with Gasteiger partial charge in [-0.25, -0.2) is 0 Å². The molecule has 100 valence electrons. The van der Waals surface area contributed by atoms with Crippen molar-refractivity contribution < 1.29 is 18.7 Å². The number of furan rings is 1. The number of carbonyl (C=O) groups is 2. The van der Waals surface area contributed by atoms with Crippen LogP contribution in [0.15, 0.2) is 22.6 Å². The van der Waals surface area contributed by atoms with E-state index < -0.39 is 11.8 Å². The van der Waals surface area contributed by atoms with Crippen LogP contribution in [0, 0.1) is 0 Å². The number of hydrogen-bond acceptors (Lipinski definition) is 4. The van der Waals surface area contributed by atoms with Crippen LogP contribution < -0.4 is 11.1 Å². The smallest absolute Gasteiger partial charge is 0.286 e. The van der Waals surface area contributed by atoms with Crippen LogP contribution in [-0.4, -0.2) is 25.5 Å². The highest BCUT2D eigenvalue weighted by molar-refractivity contribution is 6.31. The molecule has 0 aliphatic heterocycles. The molecule has 1 aromatic heterocycles. The molecule has 2 aromatic rings. The number of anilines is 1. The second-order valence-electron chi connectivity index (χ2n) is 3.79. The minimum absolute atomic E-state index is 0.123. The van der Waals surface area contributed by atoms with Crippen molar-refractivity contribution in [3.63, 3.8) is 0 Å². The van der Waals surface area contributed by atoms with Gasteiger partial charge in [-0.2, -0.15) is 0 Å². The average molecular weight is 283 g/mol. The Labute approximate surface area is 113 Å². The molecule has 0 radical (unpaired) electrons. The third-order valence-corrected chi connectivity index (χ3v) is 2.65. The zero-order valence-corrected chi connectivity index (χ0v) is 10.8. The highest BCUT2D eigenvalue weighted by Gasteiger charge is 2.20. The van der Waals surface area contributed by atoms with Crippen LogP contribution in [0.3, 0.4) is 0 Å². The van der Waals surface area contributed by atoms with Crippen molar-refractivity contribution in [2.75, 3.05) is 19.0 Å². The van der Waals surface area contributed by atoms with Crippen molar-refractivity contribution in [1.82, 2.24) is 0 Å². The summed E-state index contributed by atoms with van der Waals surface area (Å²) in [5.74, 6) is -1.32. The molecule has 19 heavy (non-hydrogen) atoms. The molecule has 7 heteroatoms. The molecule has 0 saturated heterocycles. The third-order valence-electron chi connectivity index (χ3n) is 2.41. The molecule has 0 spiro atoms. The van der Waals surface area contributed by atoms with Crippen molar-refractivity contribution >= 4 is 40.1 Å². The Balaban J connectivity index is 2.54. The highest BCUT2D eigenvalue weighted by atomic mass is 35.5. The Morgan fingerprint density at radius 1 is 1.47 bits per heavy atom. The van der Waals surface area contributed by atoms with Crippen molar-refractivity contribution in [2.24, 2.45) is 5.73 Å². The minimum atomic E-state index is -0.778. The summed E-state index contributed by atoms with van der Waals surface area (Å²) in [6.45, 7) is -0.147. The predicted octanol–water partition coefficient (Wildman–Crippen LogP) is 1.77. The summed E-state index contributed by atoms with van der Waals surface area (Å²) < 4.78 is 10.0. The standard InChI is InChI=1S/C12H11ClN2O4/c1-18-5-9(16)15-10-7-4-6(13)2-3-8(7)19-11(10)12(14)17/h2-4H,5H2,1H3,(H2,14,17)(H,15,16). The van der Waals surface area contributed by atoms with E-state index in [1.807, 2.05) is 0 Å². The molecule has 0 fully saturated rings. The lowest BCUT2D eigenvalue weighted by atomic mass is 10.2. The maximum Gasteiger partial charge on any atom is 0.286 e. The summed E-state index contributed by atoms with van der Waals surface area (Å²) in [5, 5.41) is 3.48. The number of benzene rings is 1. The molecule has 1 heterocycles. The molecule has 0 aliphatic carbocycles. The molecule has 3 N–H and O–H groups in total. The fourth-order valence-electron chi connectivity index (χ4n) is 1.67. The summed E-state index contributed by atoms with van der Waals surface area (Å²) in [5.41, 5.74) is 5.83. The van der Waals surface area contributed by atoms with Gasteiger partial charge in [-0.3, -0.25) is 9.59 Å². The minimum Gasteiger partial charge on any atom is -0.449 e. The number of carbonyl (C=O) groups excluding carboxylic acids is 2. The summed E-state index contributed by atoms with van der Waals surface area (Å²) >= 11 is 5.88. The molecule has 1 aromatic carbocycles. The lowest BCUT2D eigenvalue weighted by molar-refractivity contribution is -0.119. The van der Waals surface area contributed by atoms with Gasteiger partial charge in [-0.05, 0) is 18.2 Å². The Morgan fingerprint density at radius 3 is 2.84 bits per heavy atom. The second-order valence-corrected chi connectivity index (χ2v) is 4.23. The van der Waals surface area contributed by atoms with E-state index in [0.717, 1.165) is 0 Å². The van der Waals surface area contributed by atoms with E-state index in [2.05, 4.69) is 5.32 Å². The first-order chi connectivity index (χ1) is 9.02. The van der Waals surface area contributed by atoms with Crippen LogP contribution in [0.4, 0.5) is 5.69 Å². The number of halogens is 1. The number of nitrogens with one attached hydrogen (secondary N) is 1.